The maximum atomic E-state index is 11.6. The molecule has 0 fully saturated rings. The Labute approximate surface area is 88.7 Å². The summed E-state index contributed by atoms with van der Waals surface area (Å²) in [5.41, 5.74) is 0.932. The van der Waals surface area contributed by atoms with Crippen molar-refractivity contribution in [2.45, 2.75) is 20.8 Å². The maximum absolute atomic E-state index is 11.6. The molecule has 1 N–H and O–H groups in total. The number of benzene rings is 1. The summed E-state index contributed by atoms with van der Waals surface area (Å²) >= 11 is 0. The van der Waals surface area contributed by atoms with Gasteiger partial charge >= 0.3 is 0 Å². The molecular weight excluding hydrogens is 192 g/mol. The van der Waals surface area contributed by atoms with E-state index in [-0.39, 0.29) is 11.7 Å². The SMILES string of the molecule is Cc1cc(C(=O)C(=O)C(C)C)ccc1O. The van der Waals surface area contributed by atoms with Crippen molar-refractivity contribution in [3.05, 3.63) is 29.3 Å². The zero-order valence-corrected chi connectivity index (χ0v) is 9.07. The summed E-state index contributed by atoms with van der Waals surface area (Å²) in [6.07, 6.45) is 0. The number of hydrogen-bond acceptors (Lipinski definition) is 3. The number of phenols is 1. The van der Waals surface area contributed by atoms with Gasteiger partial charge in [-0.05, 0) is 30.7 Å². The molecule has 1 rings (SSSR count). The summed E-state index contributed by atoms with van der Waals surface area (Å²) in [4.78, 5) is 23.0. The zero-order chi connectivity index (χ0) is 11.6. The zero-order valence-electron chi connectivity index (χ0n) is 9.07. The van der Waals surface area contributed by atoms with Crippen molar-refractivity contribution in [1.29, 1.82) is 0 Å². The Morgan fingerprint density at radius 2 is 1.87 bits per heavy atom. The fraction of sp³-hybridized carbons (Fsp3) is 0.333. The maximum Gasteiger partial charge on any atom is 0.228 e. The minimum atomic E-state index is -0.492. The molecule has 0 spiro atoms. The lowest BCUT2D eigenvalue weighted by molar-refractivity contribution is -0.117. The molecule has 0 aliphatic rings. The van der Waals surface area contributed by atoms with Gasteiger partial charge in [0.05, 0.1) is 0 Å². The molecule has 0 bridgehead atoms. The summed E-state index contributed by atoms with van der Waals surface area (Å²) < 4.78 is 0. The molecule has 80 valence electrons. The molecule has 15 heavy (non-hydrogen) atoms. The van der Waals surface area contributed by atoms with Gasteiger partial charge in [0.25, 0.3) is 0 Å². The third-order valence-corrected chi connectivity index (χ3v) is 2.21. The minimum absolute atomic E-state index is 0.128. The van der Waals surface area contributed by atoms with Gasteiger partial charge in [0.15, 0.2) is 0 Å². The van der Waals surface area contributed by atoms with Gasteiger partial charge in [-0.2, -0.15) is 0 Å². The molecule has 1 aromatic carbocycles. The van der Waals surface area contributed by atoms with Crippen LogP contribution in [-0.2, 0) is 4.79 Å². The molecule has 0 aromatic heterocycles. The van der Waals surface area contributed by atoms with Gasteiger partial charge in [0.2, 0.25) is 11.6 Å². The van der Waals surface area contributed by atoms with Crippen molar-refractivity contribution in [2.24, 2.45) is 5.92 Å². The largest absolute Gasteiger partial charge is 0.508 e. The van der Waals surface area contributed by atoms with Gasteiger partial charge in [-0.1, -0.05) is 13.8 Å². The number of rotatable bonds is 3. The number of aromatic hydroxyl groups is 1. The van der Waals surface area contributed by atoms with Gasteiger partial charge in [-0.25, -0.2) is 0 Å². The quantitative estimate of drug-likeness (QED) is 0.608. The lowest BCUT2D eigenvalue weighted by atomic mass is 9.98. The predicted octanol–water partition coefficient (Wildman–Crippen LogP) is 2.11. The lowest BCUT2D eigenvalue weighted by Crippen LogP contribution is -2.19. The number of aryl methyl sites for hydroxylation is 1. The second kappa shape index (κ2) is 4.26. The molecular formula is C12H14O3. The van der Waals surface area contributed by atoms with E-state index in [1.165, 1.54) is 18.2 Å². The van der Waals surface area contributed by atoms with E-state index in [0.29, 0.717) is 11.1 Å². The molecule has 0 aliphatic heterocycles. The van der Waals surface area contributed by atoms with Crippen LogP contribution in [0, 0.1) is 12.8 Å². The first-order valence-electron chi connectivity index (χ1n) is 4.81. The van der Waals surface area contributed by atoms with Crippen LogP contribution in [0.2, 0.25) is 0 Å². The second-order valence-corrected chi connectivity index (χ2v) is 3.85. The van der Waals surface area contributed by atoms with Crippen molar-refractivity contribution >= 4 is 11.6 Å². The summed E-state index contributed by atoms with van der Waals surface area (Å²) in [7, 11) is 0. The smallest absolute Gasteiger partial charge is 0.228 e. The van der Waals surface area contributed by atoms with Gasteiger partial charge in [-0.3, -0.25) is 9.59 Å². The number of ketones is 2. The Hall–Kier alpha value is -1.64. The van der Waals surface area contributed by atoms with Crippen LogP contribution in [0.15, 0.2) is 18.2 Å². The van der Waals surface area contributed by atoms with Crippen LogP contribution in [0.5, 0.6) is 5.75 Å². The van der Waals surface area contributed by atoms with Gasteiger partial charge < -0.3 is 5.11 Å². The second-order valence-electron chi connectivity index (χ2n) is 3.85. The molecule has 0 saturated carbocycles. The van der Waals surface area contributed by atoms with E-state index in [0.717, 1.165) is 0 Å². The van der Waals surface area contributed by atoms with Gasteiger partial charge in [-0.15, -0.1) is 0 Å². The molecule has 0 aliphatic carbocycles. The molecule has 0 unspecified atom stereocenters. The highest BCUT2D eigenvalue weighted by Gasteiger charge is 2.19. The van der Waals surface area contributed by atoms with Crippen LogP contribution in [-0.4, -0.2) is 16.7 Å². The minimum Gasteiger partial charge on any atom is -0.508 e. The Kier molecular flexibility index (Phi) is 3.24. The molecule has 3 heteroatoms. The molecule has 0 atom stereocenters. The monoisotopic (exact) mass is 206 g/mol. The standard InChI is InChI=1S/C12H14O3/c1-7(2)11(14)12(15)9-4-5-10(13)8(3)6-9/h4-7,13H,1-3H3. The fourth-order valence-corrected chi connectivity index (χ4v) is 1.20. The third-order valence-electron chi connectivity index (χ3n) is 2.21. The highest BCUT2D eigenvalue weighted by Crippen LogP contribution is 2.18. The van der Waals surface area contributed by atoms with Crippen molar-refractivity contribution in [3.63, 3.8) is 0 Å². The first-order chi connectivity index (χ1) is 6.93. The Morgan fingerprint density at radius 1 is 1.27 bits per heavy atom. The normalized spacial score (nSPS) is 10.4. The van der Waals surface area contributed by atoms with Crippen molar-refractivity contribution in [3.8, 4) is 5.75 Å². The molecule has 3 nitrogen and oxygen atoms in total. The Balaban J connectivity index is 3.02. The summed E-state index contributed by atoms with van der Waals surface area (Å²) in [6.45, 7) is 5.06. The number of carbonyl (C=O) groups is 2. The number of Topliss-reactive ketones (excluding diaryl/α,β-unsaturated/α-hetero) is 2. The van der Waals surface area contributed by atoms with E-state index < -0.39 is 11.6 Å². The first-order valence-corrected chi connectivity index (χ1v) is 4.81. The van der Waals surface area contributed by atoms with E-state index in [2.05, 4.69) is 0 Å². The van der Waals surface area contributed by atoms with E-state index in [1.807, 2.05) is 0 Å². The van der Waals surface area contributed by atoms with Crippen LogP contribution < -0.4 is 0 Å². The Morgan fingerprint density at radius 3 is 2.33 bits per heavy atom. The van der Waals surface area contributed by atoms with E-state index in [9.17, 15) is 14.7 Å². The van der Waals surface area contributed by atoms with E-state index in [4.69, 9.17) is 0 Å². The van der Waals surface area contributed by atoms with Crippen molar-refractivity contribution < 1.29 is 14.7 Å². The number of carbonyl (C=O) groups excluding carboxylic acids is 2. The van der Waals surface area contributed by atoms with Crippen LogP contribution in [0.1, 0.15) is 29.8 Å². The predicted molar refractivity (Wildman–Crippen MR) is 57.0 cm³/mol. The molecule has 0 amide bonds. The topological polar surface area (TPSA) is 54.4 Å². The Bertz CT molecular complexity index is 405. The number of phenolic OH excluding ortho intramolecular Hbond substituents is 1. The van der Waals surface area contributed by atoms with Crippen LogP contribution in [0.25, 0.3) is 0 Å². The van der Waals surface area contributed by atoms with Crippen LogP contribution >= 0.6 is 0 Å². The first kappa shape index (κ1) is 11.4. The average molecular weight is 206 g/mol. The fourth-order valence-electron chi connectivity index (χ4n) is 1.20. The molecule has 0 saturated heterocycles. The summed E-state index contributed by atoms with van der Waals surface area (Å²) in [5, 5.41) is 9.28. The highest BCUT2D eigenvalue weighted by atomic mass is 16.3. The summed E-state index contributed by atoms with van der Waals surface area (Å²) in [5.74, 6) is -1.07. The van der Waals surface area contributed by atoms with Gasteiger partial charge in [0.1, 0.15) is 5.75 Å². The lowest BCUT2D eigenvalue weighted by Gasteiger charge is -2.04. The highest BCUT2D eigenvalue weighted by molar-refractivity contribution is 6.44. The molecule has 0 radical (unpaired) electrons. The summed E-state index contributed by atoms with van der Waals surface area (Å²) in [6, 6.07) is 4.42. The number of hydrogen-bond donors (Lipinski definition) is 1. The van der Waals surface area contributed by atoms with Crippen molar-refractivity contribution in [2.75, 3.05) is 0 Å². The molecule has 0 heterocycles. The van der Waals surface area contributed by atoms with Gasteiger partial charge in [0, 0.05) is 11.5 Å². The molecule has 1 aromatic rings. The van der Waals surface area contributed by atoms with E-state index in [1.54, 1.807) is 20.8 Å². The van der Waals surface area contributed by atoms with Crippen LogP contribution in [0.4, 0.5) is 0 Å². The average Bonchev–Trinajstić information content (AvgIpc) is 2.19. The van der Waals surface area contributed by atoms with Crippen LogP contribution in [0.3, 0.4) is 0 Å². The third kappa shape index (κ3) is 2.43. The van der Waals surface area contributed by atoms with E-state index >= 15 is 0 Å². The van der Waals surface area contributed by atoms with Crippen molar-refractivity contribution in [1.82, 2.24) is 0 Å².